The third-order valence-electron chi connectivity index (χ3n) is 4.54. The zero-order chi connectivity index (χ0) is 14.2. The summed E-state index contributed by atoms with van der Waals surface area (Å²) < 4.78 is 2.26. The van der Waals surface area contributed by atoms with Crippen LogP contribution in [0.5, 0.6) is 0 Å². The molecule has 20 heavy (non-hydrogen) atoms. The molecule has 1 heterocycles. The number of hydrogen-bond acceptors (Lipinski definition) is 3. The van der Waals surface area contributed by atoms with Crippen LogP contribution in [-0.2, 0) is 6.54 Å². The minimum atomic E-state index is 0.771. The Bertz CT molecular complexity index is 366. The highest BCUT2D eigenvalue weighted by atomic mass is 15.2. The van der Waals surface area contributed by atoms with Crippen molar-refractivity contribution in [2.75, 3.05) is 19.6 Å². The van der Waals surface area contributed by atoms with Crippen LogP contribution in [0.1, 0.15) is 50.8 Å². The Labute approximate surface area is 123 Å². The Kier molecular flexibility index (Phi) is 6.54. The van der Waals surface area contributed by atoms with Crippen LogP contribution in [0, 0.1) is 6.92 Å². The van der Waals surface area contributed by atoms with E-state index in [9.17, 15) is 0 Å². The van der Waals surface area contributed by atoms with E-state index in [1.807, 2.05) is 6.20 Å². The van der Waals surface area contributed by atoms with E-state index in [0.29, 0.717) is 0 Å². The van der Waals surface area contributed by atoms with Crippen molar-refractivity contribution in [3.63, 3.8) is 0 Å². The first-order valence-corrected chi connectivity index (χ1v) is 8.23. The van der Waals surface area contributed by atoms with Gasteiger partial charge in [0.15, 0.2) is 0 Å². The Morgan fingerprint density at radius 1 is 1.25 bits per heavy atom. The van der Waals surface area contributed by atoms with Crippen molar-refractivity contribution >= 4 is 0 Å². The summed E-state index contributed by atoms with van der Waals surface area (Å²) in [7, 11) is 0. The Hall–Kier alpha value is -0.870. The molecule has 0 saturated heterocycles. The van der Waals surface area contributed by atoms with Gasteiger partial charge in [0.05, 0.1) is 0 Å². The number of rotatable bonds is 7. The highest BCUT2D eigenvalue weighted by Crippen LogP contribution is 2.22. The van der Waals surface area contributed by atoms with Crippen LogP contribution in [0.3, 0.4) is 0 Å². The van der Waals surface area contributed by atoms with Crippen LogP contribution < -0.4 is 5.73 Å². The van der Waals surface area contributed by atoms with E-state index < -0.39 is 0 Å². The zero-order valence-electron chi connectivity index (χ0n) is 12.9. The Morgan fingerprint density at radius 3 is 2.60 bits per heavy atom. The Morgan fingerprint density at radius 2 is 2.00 bits per heavy atom. The van der Waals surface area contributed by atoms with Crippen LogP contribution in [0.4, 0.5) is 0 Å². The molecule has 0 unspecified atom stereocenters. The van der Waals surface area contributed by atoms with Crippen LogP contribution >= 0.6 is 0 Å². The van der Waals surface area contributed by atoms with Gasteiger partial charge in [0.2, 0.25) is 0 Å². The fourth-order valence-corrected chi connectivity index (χ4v) is 3.27. The summed E-state index contributed by atoms with van der Waals surface area (Å²) in [5, 5.41) is 0. The molecule has 1 saturated carbocycles. The second-order valence-electron chi connectivity index (χ2n) is 5.99. The van der Waals surface area contributed by atoms with Crippen molar-refractivity contribution in [3.05, 3.63) is 18.2 Å². The third kappa shape index (κ3) is 4.60. The smallest absolute Gasteiger partial charge is 0.105 e. The number of nitrogens with two attached hydrogens (primary N) is 1. The first-order chi connectivity index (χ1) is 9.81. The molecule has 0 atom stereocenters. The van der Waals surface area contributed by atoms with Gasteiger partial charge in [-0.2, -0.15) is 0 Å². The van der Waals surface area contributed by atoms with Gasteiger partial charge in [0, 0.05) is 31.5 Å². The summed E-state index contributed by atoms with van der Waals surface area (Å²) in [5.74, 6) is 1.12. The van der Waals surface area contributed by atoms with E-state index in [0.717, 1.165) is 44.5 Å². The standard InChI is InChI=1S/C16H30N4/c1-15-18-10-12-19(15)13-14-20(11-6-9-17)16-7-4-2-3-5-8-16/h10,12,16H,2-9,11,13-14,17H2,1H3. The molecule has 1 aromatic heterocycles. The first kappa shape index (κ1) is 15.5. The maximum absolute atomic E-state index is 5.71. The molecule has 0 radical (unpaired) electrons. The summed E-state index contributed by atoms with van der Waals surface area (Å²) in [6.07, 6.45) is 13.5. The fraction of sp³-hybridized carbons (Fsp3) is 0.812. The second-order valence-corrected chi connectivity index (χ2v) is 5.99. The highest BCUT2D eigenvalue weighted by Gasteiger charge is 2.19. The summed E-state index contributed by atoms with van der Waals surface area (Å²) in [6.45, 7) is 6.20. The van der Waals surface area contributed by atoms with Crippen molar-refractivity contribution in [2.45, 2.75) is 64.5 Å². The van der Waals surface area contributed by atoms with Gasteiger partial charge in [0.25, 0.3) is 0 Å². The van der Waals surface area contributed by atoms with Crippen LogP contribution in [0.15, 0.2) is 12.4 Å². The lowest BCUT2D eigenvalue weighted by Gasteiger charge is -2.31. The number of imidazole rings is 1. The van der Waals surface area contributed by atoms with Gasteiger partial charge in [-0.25, -0.2) is 4.98 Å². The number of nitrogens with zero attached hydrogens (tertiary/aromatic N) is 3. The van der Waals surface area contributed by atoms with Crippen molar-refractivity contribution in [3.8, 4) is 0 Å². The summed E-state index contributed by atoms with van der Waals surface area (Å²) >= 11 is 0. The lowest BCUT2D eigenvalue weighted by atomic mass is 10.1. The normalized spacial score (nSPS) is 17.6. The minimum Gasteiger partial charge on any atom is -0.334 e. The maximum atomic E-state index is 5.71. The molecule has 1 fully saturated rings. The number of aromatic nitrogens is 2. The van der Waals surface area contributed by atoms with Crippen molar-refractivity contribution in [1.29, 1.82) is 0 Å². The van der Waals surface area contributed by atoms with Gasteiger partial charge in [-0.05, 0) is 39.3 Å². The zero-order valence-corrected chi connectivity index (χ0v) is 12.9. The quantitative estimate of drug-likeness (QED) is 0.780. The molecule has 114 valence electrons. The predicted molar refractivity (Wildman–Crippen MR) is 83.7 cm³/mol. The largest absolute Gasteiger partial charge is 0.334 e. The molecule has 0 aliphatic heterocycles. The lowest BCUT2D eigenvalue weighted by molar-refractivity contribution is 0.171. The molecule has 0 spiro atoms. The summed E-state index contributed by atoms with van der Waals surface area (Å²) in [5.41, 5.74) is 5.71. The number of hydrogen-bond donors (Lipinski definition) is 1. The molecule has 0 aromatic carbocycles. The van der Waals surface area contributed by atoms with Gasteiger partial charge in [-0.1, -0.05) is 25.7 Å². The van der Waals surface area contributed by atoms with E-state index in [-0.39, 0.29) is 0 Å². The SMILES string of the molecule is Cc1nccn1CCN(CCCN)C1CCCCCC1. The fourth-order valence-electron chi connectivity index (χ4n) is 3.27. The Balaban J connectivity index is 1.90. The lowest BCUT2D eigenvalue weighted by Crippen LogP contribution is -2.38. The molecule has 4 heteroatoms. The predicted octanol–water partition coefficient (Wildman–Crippen LogP) is 2.57. The van der Waals surface area contributed by atoms with E-state index in [1.54, 1.807) is 0 Å². The van der Waals surface area contributed by atoms with Crippen molar-refractivity contribution in [2.24, 2.45) is 5.73 Å². The van der Waals surface area contributed by atoms with Gasteiger partial charge in [-0.3, -0.25) is 4.90 Å². The van der Waals surface area contributed by atoms with Crippen LogP contribution in [0.25, 0.3) is 0 Å². The molecule has 1 aromatic rings. The van der Waals surface area contributed by atoms with Crippen molar-refractivity contribution < 1.29 is 0 Å². The van der Waals surface area contributed by atoms with Crippen LogP contribution in [0.2, 0.25) is 0 Å². The molecule has 0 bridgehead atoms. The average Bonchev–Trinajstić information content (AvgIpc) is 2.70. The molecule has 1 aliphatic rings. The highest BCUT2D eigenvalue weighted by molar-refractivity contribution is 4.88. The van der Waals surface area contributed by atoms with Gasteiger partial charge in [0.1, 0.15) is 5.82 Å². The average molecular weight is 278 g/mol. The van der Waals surface area contributed by atoms with Crippen LogP contribution in [-0.4, -0.2) is 40.1 Å². The molecular formula is C16H30N4. The monoisotopic (exact) mass is 278 g/mol. The molecule has 2 rings (SSSR count). The van der Waals surface area contributed by atoms with E-state index >= 15 is 0 Å². The maximum Gasteiger partial charge on any atom is 0.105 e. The van der Waals surface area contributed by atoms with Crippen molar-refractivity contribution in [1.82, 2.24) is 14.5 Å². The van der Waals surface area contributed by atoms with E-state index in [4.69, 9.17) is 5.73 Å². The molecule has 1 aliphatic carbocycles. The summed E-state index contributed by atoms with van der Waals surface area (Å²) in [6, 6.07) is 0.771. The topological polar surface area (TPSA) is 47.1 Å². The molecular weight excluding hydrogens is 248 g/mol. The van der Waals surface area contributed by atoms with Gasteiger partial charge in [-0.15, -0.1) is 0 Å². The minimum absolute atomic E-state index is 0.771. The summed E-state index contributed by atoms with van der Waals surface area (Å²) in [4.78, 5) is 6.99. The first-order valence-electron chi connectivity index (χ1n) is 8.23. The molecule has 4 nitrogen and oxygen atoms in total. The van der Waals surface area contributed by atoms with Gasteiger partial charge >= 0.3 is 0 Å². The number of aryl methyl sites for hydroxylation is 1. The molecule has 2 N–H and O–H groups in total. The van der Waals surface area contributed by atoms with E-state index in [1.165, 1.54) is 38.5 Å². The van der Waals surface area contributed by atoms with Gasteiger partial charge < -0.3 is 10.3 Å². The second kappa shape index (κ2) is 8.42. The molecule has 0 amide bonds. The third-order valence-corrected chi connectivity index (χ3v) is 4.54. The van der Waals surface area contributed by atoms with E-state index in [2.05, 4.69) is 27.6 Å².